The summed E-state index contributed by atoms with van der Waals surface area (Å²) in [4.78, 5) is 0. The van der Waals surface area contributed by atoms with E-state index in [1.165, 1.54) is 44.6 Å². The molecule has 0 aromatic heterocycles. The van der Waals surface area contributed by atoms with Gasteiger partial charge in [0.05, 0.1) is 6.61 Å². The normalized spacial score (nSPS) is 14.1. The van der Waals surface area contributed by atoms with E-state index in [1.807, 2.05) is 18.2 Å². The Morgan fingerprint density at radius 2 is 1.67 bits per heavy atom. The zero-order valence-electron chi connectivity index (χ0n) is 16.7. The van der Waals surface area contributed by atoms with E-state index in [1.54, 1.807) is 6.92 Å². The third-order valence-electron chi connectivity index (χ3n) is 4.27. The highest BCUT2D eigenvalue weighted by Gasteiger charge is 2.20. The Morgan fingerprint density at radius 1 is 1.00 bits per heavy atom. The molecule has 2 atom stereocenters. The second-order valence-corrected chi connectivity index (χ2v) is 8.32. The Balaban J connectivity index is 2.30. The van der Waals surface area contributed by atoms with Crippen molar-refractivity contribution in [3.05, 3.63) is 29.8 Å². The summed E-state index contributed by atoms with van der Waals surface area (Å²) >= 11 is 0. The maximum absolute atomic E-state index is 10.9. The number of para-hydroxylation sites is 1. The van der Waals surface area contributed by atoms with E-state index in [-0.39, 0.29) is 6.61 Å². The lowest BCUT2D eigenvalue weighted by molar-refractivity contribution is -0.142. The van der Waals surface area contributed by atoms with Crippen molar-refractivity contribution in [2.75, 3.05) is 13.2 Å². The van der Waals surface area contributed by atoms with E-state index in [0.29, 0.717) is 6.61 Å². The summed E-state index contributed by atoms with van der Waals surface area (Å²) in [5.74, 6) is 0.856. The van der Waals surface area contributed by atoms with Crippen molar-refractivity contribution in [3.8, 4) is 5.75 Å². The molecule has 0 fully saturated rings. The smallest absolute Gasteiger partial charge is 0.292 e. The summed E-state index contributed by atoms with van der Waals surface area (Å²) in [5, 5.41) is 0. The van der Waals surface area contributed by atoms with Gasteiger partial charge in [0.1, 0.15) is 12.4 Å². The molecule has 0 radical (unpaired) electrons. The molecular weight excluding hydrogens is 368 g/mol. The highest BCUT2D eigenvalue weighted by atomic mass is 32.2. The fourth-order valence-corrected chi connectivity index (χ4v) is 2.99. The summed E-state index contributed by atoms with van der Waals surface area (Å²) in [6.45, 7) is 5.64. The monoisotopic (exact) mass is 402 g/mol. The molecule has 1 rings (SSSR count). The van der Waals surface area contributed by atoms with Gasteiger partial charge < -0.3 is 14.2 Å². The van der Waals surface area contributed by atoms with Gasteiger partial charge in [0.25, 0.3) is 10.1 Å². The quantitative estimate of drug-likeness (QED) is 0.263. The lowest BCUT2D eigenvalue weighted by Gasteiger charge is -2.18. The van der Waals surface area contributed by atoms with Crippen LogP contribution in [-0.4, -0.2) is 37.9 Å². The molecular formula is C20H34O6S. The van der Waals surface area contributed by atoms with Gasteiger partial charge in [0.2, 0.25) is 0 Å². The molecule has 0 bridgehead atoms. The van der Waals surface area contributed by atoms with E-state index >= 15 is 0 Å². The number of rotatable bonds is 15. The fourth-order valence-electron chi connectivity index (χ4n) is 2.69. The number of hydrogen-bond donors (Lipinski definition) is 1. The predicted octanol–water partition coefficient (Wildman–Crippen LogP) is 4.58. The zero-order chi connectivity index (χ0) is 20.1. The molecule has 0 saturated heterocycles. The summed E-state index contributed by atoms with van der Waals surface area (Å²) in [6.07, 6.45) is 7.78. The van der Waals surface area contributed by atoms with E-state index in [4.69, 9.17) is 18.8 Å². The van der Waals surface area contributed by atoms with Crippen molar-refractivity contribution in [1.29, 1.82) is 0 Å². The van der Waals surface area contributed by atoms with Crippen LogP contribution in [0.15, 0.2) is 24.3 Å². The van der Waals surface area contributed by atoms with Gasteiger partial charge in [-0.05, 0) is 38.3 Å². The Kier molecular flexibility index (Phi) is 11.6. The van der Waals surface area contributed by atoms with Gasteiger partial charge in [-0.3, -0.25) is 4.55 Å². The van der Waals surface area contributed by atoms with Gasteiger partial charge >= 0.3 is 0 Å². The van der Waals surface area contributed by atoms with E-state index in [2.05, 4.69) is 13.0 Å². The van der Waals surface area contributed by atoms with Gasteiger partial charge in [-0.15, -0.1) is 0 Å². The topological polar surface area (TPSA) is 82.1 Å². The standard InChI is InChI=1S/C20H34O6S/c1-4-5-6-7-8-9-12-19-13-10-11-14-20(19)25-16-15-24-17(2)26-18(3)27(21,22)23/h10-11,13-14,17-18H,4-9,12,15-16H2,1-3H3,(H,21,22,23). The van der Waals surface area contributed by atoms with Crippen LogP contribution in [0.25, 0.3) is 0 Å². The van der Waals surface area contributed by atoms with Crippen molar-refractivity contribution in [2.45, 2.75) is 77.4 Å². The highest BCUT2D eigenvalue weighted by Crippen LogP contribution is 2.21. The largest absolute Gasteiger partial charge is 0.491 e. The molecule has 0 amide bonds. The molecule has 1 aromatic carbocycles. The Bertz CT molecular complexity index is 617. The van der Waals surface area contributed by atoms with Gasteiger partial charge in [-0.25, -0.2) is 0 Å². The molecule has 0 aliphatic heterocycles. The van der Waals surface area contributed by atoms with Crippen molar-refractivity contribution >= 4 is 10.1 Å². The molecule has 0 saturated carbocycles. The van der Waals surface area contributed by atoms with Crippen molar-refractivity contribution in [2.24, 2.45) is 0 Å². The second kappa shape index (κ2) is 13.1. The lowest BCUT2D eigenvalue weighted by atomic mass is 10.0. The van der Waals surface area contributed by atoms with Crippen LogP contribution in [0.2, 0.25) is 0 Å². The molecule has 6 nitrogen and oxygen atoms in total. The van der Waals surface area contributed by atoms with Crippen molar-refractivity contribution in [3.63, 3.8) is 0 Å². The summed E-state index contributed by atoms with van der Waals surface area (Å²) in [7, 11) is -4.23. The number of aryl methyl sites for hydroxylation is 1. The van der Waals surface area contributed by atoms with E-state index in [9.17, 15) is 8.42 Å². The molecule has 1 aromatic rings. The molecule has 2 unspecified atom stereocenters. The number of benzene rings is 1. The Morgan fingerprint density at radius 3 is 2.37 bits per heavy atom. The van der Waals surface area contributed by atoms with Crippen LogP contribution < -0.4 is 4.74 Å². The Labute approximate surface area is 164 Å². The fraction of sp³-hybridized carbons (Fsp3) is 0.700. The van der Waals surface area contributed by atoms with Gasteiger partial charge in [0, 0.05) is 0 Å². The predicted molar refractivity (Wildman–Crippen MR) is 107 cm³/mol. The number of hydrogen-bond acceptors (Lipinski definition) is 5. The minimum absolute atomic E-state index is 0.255. The van der Waals surface area contributed by atoms with Crippen LogP contribution in [0.1, 0.15) is 64.9 Å². The van der Waals surface area contributed by atoms with Crippen LogP contribution in [0.4, 0.5) is 0 Å². The van der Waals surface area contributed by atoms with Crippen LogP contribution in [0, 0.1) is 0 Å². The third kappa shape index (κ3) is 10.7. The second-order valence-electron chi connectivity index (χ2n) is 6.63. The average Bonchev–Trinajstić information content (AvgIpc) is 2.62. The van der Waals surface area contributed by atoms with Gasteiger partial charge in [-0.1, -0.05) is 57.2 Å². The molecule has 1 N–H and O–H groups in total. The van der Waals surface area contributed by atoms with Gasteiger partial charge in [-0.2, -0.15) is 8.42 Å². The van der Waals surface area contributed by atoms with Gasteiger partial charge in [0.15, 0.2) is 11.7 Å². The average molecular weight is 403 g/mol. The Hall–Kier alpha value is -1.15. The molecule has 0 heterocycles. The molecule has 0 aliphatic rings. The first-order chi connectivity index (χ1) is 12.8. The highest BCUT2D eigenvalue weighted by molar-refractivity contribution is 7.86. The maximum Gasteiger partial charge on any atom is 0.292 e. The minimum atomic E-state index is -4.23. The maximum atomic E-state index is 10.9. The minimum Gasteiger partial charge on any atom is -0.491 e. The first-order valence-corrected chi connectivity index (χ1v) is 11.3. The first-order valence-electron chi connectivity index (χ1n) is 9.78. The van der Waals surface area contributed by atoms with Crippen LogP contribution in [0.3, 0.4) is 0 Å². The van der Waals surface area contributed by atoms with Crippen molar-refractivity contribution in [1.82, 2.24) is 0 Å². The lowest BCUT2D eigenvalue weighted by Crippen LogP contribution is -2.27. The van der Waals surface area contributed by atoms with Crippen LogP contribution in [0.5, 0.6) is 5.75 Å². The van der Waals surface area contributed by atoms with Crippen LogP contribution in [-0.2, 0) is 26.0 Å². The first kappa shape index (κ1) is 23.9. The van der Waals surface area contributed by atoms with Crippen LogP contribution >= 0.6 is 0 Å². The third-order valence-corrected chi connectivity index (χ3v) is 5.22. The zero-order valence-corrected chi connectivity index (χ0v) is 17.5. The molecule has 0 aliphatic carbocycles. The molecule has 156 valence electrons. The molecule has 27 heavy (non-hydrogen) atoms. The summed E-state index contributed by atoms with van der Waals surface area (Å²) in [5.41, 5.74) is -0.135. The summed E-state index contributed by atoms with van der Waals surface area (Å²) in [6, 6.07) is 8.00. The van der Waals surface area contributed by atoms with E-state index < -0.39 is 21.8 Å². The summed E-state index contributed by atoms with van der Waals surface area (Å²) < 4.78 is 47.0. The molecule has 0 spiro atoms. The number of ether oxygens (including phenoxy) is 3. The SMILES string of the molecule is CCCCCCCCc1ccccc1OCCOC(C)OC(C)S(=O)(=O)O. The van der Waals surface area contributed by atoms with Crippen molar-refractivity contribution < 1.29 is 27.2 Å². The molecule has 7 heteroatoms. The number of unbranched alkanes of at least 4 members (excludes halogenated alkanes) is 5. The van der Waals surface area contributed by atoms with E-state index in [0.717, 1.165) is 18.6 Å².